The van der Waals surface area contributed by atoms with Crippen molar-refractivity contribution in [1.29, 1.82) is 0 Å². The van der Waals surface area contributed by atoms with Gasteiger partial charge >= 0.3 is 0 Å². The van der Waals surface area contributed by atoms with Crippen LogP contribution in [0.1, 0.15) is 0 Å². The standard InChI is InChI=1S/C10H10O3/c1-7-10(6-11)13-9-5-3-2-4-8(9)12-7/h2-5,10-11H,1,6H2. The highest BCUT2D eigenvalue weighted by Gasteiger charge is 2.23. The lowest BCUT2D eigenvalue weighted by Crippen LogP contribution is -2.29. The minimum atomic E-state index is -0.449. The first-order valence-electron chi connectivity index (χ1n) is 4.04. The first kappa shape index (κ1) is 8.13. The maximum atomic E-state index is 8.92. The van der Waals surface area contributed by atoms with E-state index in [2.05, 4.69) is 6.58 Å². The van der Waals surface area contributed by atoms with Crippen molar-refractivity contribution in [2.45, 2.75) is 6.10 Å². The Labute approximate surface area is 76.2 Å². The van der Waals surface area contributed by atoms with Gasteiger partial charge in [-0.2, -0.15) is 0 Å². The monoisotopic (exact) mass is 178 g/mol. The fraction of sp³-hybridized carbons (Fsp3) is 0.200. The first-order chi connectivity index (χ1) is 6.31. The Balaban J connectivity index is 2.33. The molecule has 1 aromatic carbocycles. The van der Waals surface area contributed by atoms with Crippen LogP contribution in [0.3, 0.4) is 0 Å². The Morgan fingerprint density at radius 3 is 2.69 bits per heavy atom. The number of benzene rings is 1. The van der Waals surface area contributed by atoms with E-state index < -0.39 is 6.10 Å². The first-order valence-corrected chi connectivity index (χ1v) is 4.04. The van der Waals surface area contributed by atoms with Crippen molar-refractivity contribution in [3.05, 3.63) is 36.6 Å². The number of aliphatic hydroxyl groups excluding tert-OH is 1. The van der Waals surface area contributed by atoms with Crippen molar-refractivity contribution in [1.82, 2.24) is 0 Å². The van der Waals surface area contributed by atoms with Crippen molar-refractivity contribution >= 4 is 0 Å². The Morgan fingerprint density at radius 1 is 1.31 bits per heavy atom. The van der Waals surface area contributed by atoms with E-state index in [0.29, 0.717) is 17.3 Å². The molecule has 0 aromatic heterocycles. The van der Waals surface area contributed by atoms with Crippen molar-refractivity contribution < 1.29 is 14.6 Å². The van der Waals surface area contributed by atoms with Crippen LogP contribution in [0.2, 0.25) is 0 Å². The van der Waals surface area contributed by atoms with Crippen molar-refractivity contribution in [2.75, 3.05) is 6.61 Å². The number of rotatable bonds is 1. The van der Waals surface area contributed by atoms with E-state index >= 15 is 0 Å². The van der Waals surface area contributed by atoms with Gasteiger partial charge in [0, 0.05) is 0 Å². The van der Waals surface area contributed by atoms with E-state index in [1.807, 2.05) is 12.1 Å². The summed E-state index contributed by atoms with van der Waals surface area (Å²) in [6.07, 6.45) is -0.449. The second-order valence-corrected chi connectivity index (χ2v) is 2.80. The molecule has 1 aliphatic heterocycles. The highest BCUT2D eigenvalue weighted by atomic mass is 16.6. The Morgan fingerprint density at radius 2 is 2.00 bits per heavy atom. The normalized spacial score (nSPS) is 20.1. The molecule has 3 heteroatoms. The van der Waals surface area contributed by atoms with Crippen LogP contribution in [0.4, 0.5) is 0 Å². The number of fused-ring (bicyclic) bond motifs is 1. The molecule has 1 N–H and O–H groups in total. The molecule has 3 nitrogen and oxygen atoms in total. The van der Waals surface area contributed by atoms with Crippen LogP contribution in [0.15, 0.2) is 36.6 Å². The van der Waals surface area contributed by atoms with Crippen LogP contribution in [-0.4, -0.2) is 17.8 Å². The van der Waals surface area contributed by atoms with E-state index in [0.717, 1.165) is 0 Å². The molecule has 1 unspecified atom stereocenters. The molecule has 0 aliphatic carbocycles. The summed E-state index contributed by atoms with van der Waals surface area (Å²) in [4.78, 5) is 0. The van der Waals surface area contributed by atoms with Crippen molar-refractivity contribution in [3.8, 4) is 11.5 Å². The molecule has 0 saturated heterocycles. The van der Waals surface area contributed by atoms with Crippen LogP contribution >= 0.6 is 0 Å². The van der Waals surface area contributed by atoms with Crippen LogP contribution in [0.25, 0.3) is 0 Å². The molecule has 0 fully saturated rings. The van der Waals surface area contributed by atoms with E-state index in [1.54, 1.807) is 12.1 Å². The van der Waals surface area contributed by atoms with Gasteiger partial charge in [-0.25, -0.2) is 0 Å². The fourth-order valence-electron chi connectivity index (χ4n) is 1.20. The third-order valence-electron chi connectivity index (χ3n) is 1.88. The van der Waals surface area contributed by atoms with Crippen LogP contribution in [-0.2, 0) is 0 Å². The van der Waals surface area contributed by atoms with E-state index in [1.165, 1.54) is 0 Å². The number of hydrogen-bond acceptors (Lipinski definition) is 3. The summed E-state index contributed by atoms with van der Waals surface area (Å²) < 4.78 is 10.8. The predicted octanol–water partition coefficient (Wildman–Crippen LogP) is 1.33. The van der Waals surface area contributed by atoms with Gasteiger partial charge in [-0.05, 0) is 12.1 Å². The minimum absolute atomic E-state index is 0.118. The summed E-state index contributed by atoms with van der Waals surface area (Å²) in [5.41, 5.74) is 0. The summed E-state index contributed by atoms with van der Waals surface area (Å²) in [5, 5.41) is 8.92. The van der Waals surface area contributed by atoms with Gasteiger partial charge in [-0.3, -0.25) is 0 Å². The molecule has 1 atom stereocenters. The number of hydrogen-bond donors (Lipinski definition) is 1. The zero-order chi connectivity index (χ0) is 9.26. The van der Waals surface area contributed by atoms with Gasteiger partial charge < -0.3 is 14.6 Å². The highest BCUT2D eigenvalue weighted by Crippen LogP contribution is 2.34. The zero-order valence-electron chi connectivity index (χ0n) is 7.06. The summed E-state index contributed by atoms with van der Waals surface area (Å²) in [6.45, 7) is 3.54. The molecule has 2 rings (SSSR count). The Hall–Kier alpha value is -1.48. The van der Waals surface area contributed by atoms with E-state index in [-0.39, 0.29) is 6.61 Å². The molecule has 0 radical (unpaired) electrons. The lowest BCUT2D eigenvalue weighted by atomic mass is 10.2. The predicted molar refractivity (Wildman–Crippen MR) is 47.7 cm³/mol. The molecule has 13 heavy (non-hydrogen) atoms. The molecule has 0 bridgehead atoms. The quantitative estimate of drug-likeness (QED) is 0.705. The van der Waals surface area contributed by atoms with E-state index in [4.69, 9.17) is 14.6 Å². The maximum Gasteiger partial charge on any atom is 0.178 e. The SMILES string of the molecule is C=C1Oc2ccccc2OC1CO. The lowest BCUT2D eigenvalue weighted by molar-refractivity contribution is 0.0888. The highest BCUT2D eigenvalue weighted by molar-refractivity contribution is 5.43. The van der Waals surface area contributed by atoms with Crippen LogP contribution in [0, 0.1) is 0 Å². The fourth-order valence-corrected chi connectivity index (χ4v) is 1.20. The molecule has 0 saturated carbocycles. The molecule has 0 amide bonds. The van der Waals surface area contributed by atoms with Gasteiger partial charge in [-0.15, -0.1) is 0 Å². The Bertz CT molecular complexity index is 333. The van der Waals surface area contributed by atoms with Gasteiger partial charge in [-0.1, -0.05) is 18.7 Å². The lowest BCUT2D eigenvalue weighted by Gasteiger charge is -2.26. The summed E-state index contributed by atoms with van der Waals surface area (Å²) >= 11 is 0. The van der Waals surface area contributed by atoms with Gasteiger partial charge in [0.05, 0.1) is 6.61 Å². The third-order valence-corrected chi connectivity index (χ3v) is 1.88. The van der Waals surface area contributed by atoms with E-state index in [9.17, 15) is 0 Å². The molecule has 1 aromatic rings. The molecular formula is C10H10O3. The largest absolute Gasteiger partial charge is 0.476 e. The third kappa shape index (κ3) is 1.38. The summed E-state index contributed by atoms with van der Waals surface area (Å²) in [5.74, 6) is 1.74. The van der Waals surface area contributed by atoms with Crippen molar-refractivity contribution in [2.24, 2.45) is 0 Å². The minimum Gasteiger partial charge on any atom is -0.476 e. The molecule has 1 heterocycles. The molecule has 0 spiro atoms. The van der Waals surface area contributed by atoms with Crippen LogP contribution in [0.5, 0.6) is 11.5 Å². The summed E-state index contributed by atoms with van der Waals surface area (Å²) in [6, 6.07) is 7.30. The van der Waals surface area contributed by atoms with Gasteiger partial charge in [0.25, 0.3) is 0 Å². The smallest absolute Gasteiger partial charge is 0.178 e. The van der Waals surface area contributed by atoms with Crippen molar-refractivity contribution in [3.63, 3.8) is 0 Å². The second-order valence-electron chi connectivity index (χ2n) is 2.80. The second kappa shape index (κ2) is 3.11. The summed E-state index contributed by atoms with van der Waals surface area (Å²) in [7, 11) is 0. The maximum absolute atomic E-state index is 8.92. The molecule has 68 valence electrons. The number of ether oxygens (including phenoxy) is 2. The topological polar surface area (TPSA) is 38.7 Å². The molecule has 1 aliphatic rings. The zero-order valence-corrected chi connectivity index (χ0v) is 7.06. The van der Waals surface area contributed by atoms with Gasteiger partial charge in [0.15, 0.2) is 17.6 Å². The Kier molecular flexibility index (Phi) is 1.94. The van der Waals surface area contributed by atoms with Gasteiger partial charge in [0.2, 0.25) is 0 Å². The molecular weight excluding hydrogens is 168 g/mol. The number of para-hydroxylation sites is 2. The average Bonchev–Trinajstić information content (AvgIpc) is 2.17. The van der Waals surface area contributed by atoms with Crippen LogP contribution < -0.4 is 9.47 Å². The number of aliphatic hydroxyl groups is 1. The average molecular weight is 178 g/mol. The van der Waals surface area contributed by atoms with Gasteiger partial charge in [0.1, 0.15) is 5.76 Å².